The van der Waals surface area contributed by atoms with E-state index in [-0.39, 0.29) is 0 Å². The van der Waals surface area contributed by atoms with Crippen LogP contribution in [-0.2, 0) is 8.86 Å². The Morgan fingerprint density at radius 1 is 1.00 bits per heavy atom. The minimum Gasteiger partial charge on any atom is -0.508 e. The van der Waals surface area contributed by atoms with Crippen LogP contribution in [0, 0.1) is 0 Å². The van der Waals surface area contributed by atoms with Crippen molar-refractivity contribution in [1.29, 1.82) is 0 Å². The molecule has 3 heteroatoms. The Morgan fingerprint density at radius 3 is 1.82 bits per heavy atom. The van der Waals surface area contributed by atoms with E-state index in [0.29, 0.717) is 5.75 Å². The molecule has 1 N–H and O–H groups in total. The van der Waals surface area contributed by atoms with Gasteiger partial charge in [0.1, 0.15) is 5.75 Å². The summed E-state index contributed by atoms with van der Waals surface area (Å²) in [5, 5.41) is 9.25. The van der Waals surface area contributed by atoms with E-state index in [4.69, 9.17) is 0 Å². The van der Waals surface area contributed by atoms with Gasteiger partial charge in [0.05, 0.1) is 0 Å². The van der Waals surface area contributed by atoms with Crippen LogP contribution in [0.25, 0.3) is 0 Å². The van der Waals surface area contributed by atoms with Crippen molar-refractivity contribution in [2.45, 2.75) is 8.86 Å². The van der Waals surface area contributed by atoms with Gasteiger partial charge in [0.25, 0.3) is 0 Å². The predicted molar refractivity (Wildman–Crippen MR) is 63.6 cm³/mol. The molecule has 0 fully saturated rings. The molecule has 0 saturated carbocycles. The number of hydrogen-bond acceptors (Lipinski definition) is 1. The second kappa shape index (κ2) is 4.49. The molecule has 0 heterocycles. The summed E-state index contributed by atoms with van der Waals surface area (Å²) in [4.78, 5) is 0. The molecule has 0 radical (unpaired) electrons. The molecule has 0 aliphatic carbocycles. The van der Waals surface area contributed by atoms with Crippen molar-refractivity contribution in [3.8, 4) is 5.75 Å². The van der Waals surface area contributed by atoms with Crippen molar-refractivity contribution in [1.82, 2.24) is 0 Å². The fourth-order valence-electron chi connectivity index (χ4n) is 0.897. The van der Waals surface area contributed by atoms with Gasteiger partial charge in [-0.3, -0.25) is 0 Å². The van der Waals surface area contributed by atoms with Crippen LogP contribution in [0.1, 0.15) is 11.1 Å². The molecule has 1 rings (SSSR count). The van der Waals surface area contributed by atoms with E-state index in [1.54, 1.807) is 0 Å². The second-order valence-electron chi connectivity index (χ2n) is 2.27. The zero-order chi connectivity index (χ0) is 8.27. The van der Waals surface area contributed by atoms with Crippen molar-refractivity contribution in [2.75, 3.05) is 0 Å². The zero-order valence-corrected chi connectivity index (χ0v) is 10.2. The van der Waals surface area contributed by atoms with Gasteiger partial charge >= 0.3 is 0 Å². The lowest BCUT2D eigenvalue weighted by Gasteiger charge is -2.00. The summed E-state index contributed by atoms with van der Waals surface area (Å²) in [5.74, 6) is 0.380. The fourth-order valence-corrected chi connectivity index (χ4v) is 1.78. The highest BCUT2D eigenvalue weighted by molar-refractivity contribution is 14.1. The van der Waals surface area contributed by atoms with Crippen LogP contribution in [0.2, 0.25) is 0 Å². The number of aromatic hydroxyl groups is 1. The van der Waals surface area contributed by atoms with Crippen LogP contribution in [0.4, 0.5) is 0 Å². The summed E-state index contributed by atoms with van der Waals surface area (Å²) >= 11 is 4.58. The monoisotopic (exact) mass is 374 g/mol. The van der Waals surface area contributed by atoms with Crippen LogP contribution in [0.3, 0.4) is 0 Å². The van der Waals surface area contributed by atoms with E-state index < -0.39 is 0 Å². The van der Waals surface area contributed by atoms with Crippen molar-refractivity contribution >= 4 is 45.2 Å². The molecular formula is C8H8I2O. The number of phenolic OH excluding ortho intramolecular Hbond substituents is 1. The topological polar surface area (TPSA) is 20.2 Å². The minimum absolute atomic E-state index is 0.380. The third kappa shape index (κ3) is 2.77. The molecule has 60 valence electrons. The Hall–Kier alpha value is 0.480. The van der Waals surface area contributed by atoms with Crippen LogP contribution >= 0.6 is 45.2 Å². The van der Waals surface area contributed by atoms with Crippen LogP contribution in [0.15, 0.2) is 18.2 Å². The highest BCUT2D eigenvalue weighted by Crippen LogP contribution is 2.19. The maximum atomic E-state index is 9.25. The largest absolute Gasteiger partial charge is 0.508 e. The third-order valence-electron chi connectivity index (χ3n) is 1.35. The number of rotatable bonds is 2. The summed E-state index contributed by atoms with van der Waals surface area (Å²) in [7, 11) is 0. The van der Waals surface area contributed by atoms with E-state index in [0.717, 1.165) is 8.86 Å². The van der Waals surface area contributed by atoms with Crippen LogP contribution in [-0.4, -0.2) is 5.11 Å². The van der Waals surface area contributed by atoms with Gasteiger partial charge in [-0.2, -0.15) is 0 Å². The number of phenols is 1. The van der Waals surface area contributed by atoms with Crippen molar-refractivity contribution in [2.24, 2.45) is 0 Å². The molecule has 0 aliphatic heterocycles. The highest BCUT2D eigenvalue weighted by atomic mass is 127. The lowest BCUT2D eigenvalue weighted by atomic mass is 10.1. The molecule has 0 aromatic heterocycles. The van der Waals surface area contributed by atoms with Gasteiger partial charge in [-0.05, 0) is 23.3 Å². The molecule has 1 nitrogen and oxygen atoms in total. The average molecular weight is 374 g/mol. The first kappa shape index (κ1) is 9.57. The van der Waals surface area contributed by atoms with E-state index in [2.05, 4.69) is 51.2 Å². The Labute approximate surface area is 93.5 Å². The first-order chi connectivity index (χ1) is 5.26. The van der Waals surface area contributed by atoms with E-state index in [1.807, 2.05) is 12.1 Å². The quantitative estimate of drug-likeness (QED) is 0.623. The molecule has 1 aromatic carbocycles. The maximum absolute atomic E-state index is 9.25. The molecule has 0 spiro atoms. The molecular weight excluding hydrogens is 366 g/mol. The fraction of sp³-hybridized carbons (Fsp3) is 0.250. The average Bonchev–Trinajstić information content (AvgIpc) is 2.03. The summed E-state index contributed by atoms with van der Waals surface area (Å²) in [6, 6.07) is 5.74. The Kier molecular flexibility index (Phi) is 3.91. The molecule has 0 aliphatic rings. The third-order valence-corrected chi connectivity index (χ3v) is 3.11. The Balaban J connectivity index is 3.02. The molecule has 0 amide bonds. The molecule has 0 bridgehead atoms. The van der Waals surface area contributed by atoms with Gasteiger partial charge in [0.15, 0.2) is 0 Å². The van der Waals surface area contributed by atoms with E-state index in [1.165, 1.54) is 11.1 Å². The van der Waals surface area contributed by atoms with Gasteiger partial charge in [0.2, 0.25) is 0 Å². The molecule has 0 unspecified atom stereocenters. The minimum atomic E-state index is 0.380. The molecule has 0 saturated heterocycles. The standard InChI is InChI=1S/C8H8I2O/c9-4-6-1-7(5-10)3-8(11)2-6/h1-3,11H,4-5H2. The van der Waals surface area contributed by atoms with Gasteiger partial charge in [-0.25, -0.2) is 0 Å². The smallest absolute Gasteiger partial charge is 0.116 e. The van der Waals surface area contributed by atoms with Crippen molar-refractivity contribution in [3.63, 3.8) is 0 Å². The van der Waals surface area contributed by atoms with Gasteiger partial charge in [-0.1, -0.05) is 51.2 Å². The highest BCUT2D eigenvalue weighted by Gasteiger charge is 1.96. The molecule has 0 atom stereocenters. The summed E-state index contributed by atoms with van der Waals surface area (Å²) in [5.41, 5.74) is 2.38. The SMILES string of the molecule is Oc1cc(CI)cc(CI)c1. The Morgan fingerprint density at radius 2 is 1.45 bits per heavy atom. The summed E-state index contributed by atoms with van der Waals surface area (Å²) < 4.78 is 1.91. The van der Waals surface area contributed by atoms with E-state index >= 15 is 0 Å². The van der Waals surface area contributed by atoms with Crippen molar-refractivity contribution < 1.29 is 5.11 Å². The first-order valence-electron chi connectivity index (χ1n) is 3.20. The lowest BCUT2D eigenvalue weighted by Crippen LogP contribution is -1.81. The normalized spacial score (nSPS) is 10.0. The van der Waals surface area contributed by atoms with Crippen molar-refractivity contribution in [3.05, 3.63) is 29.3 Å². The predicted octanol–water partition coefficient (Wildman–Crippen LogP) is 3.26. The number of hydrogen-bond donors (Lipinski definition) is 1. The zero-order valence-electron chi connectivity index (χ0n) is 5.85. The number of benzene rings is 1. The number of halogens is 2. The molecule has 11 heavy (non-hydrogen) atoms. The maximum Gasteiger partial charge on any atom is 0.116 e. The van der Waals surface area contributed by atoms with Crippen LogP contribution < -0.4 is 0 Å². The van der Waals surface area contributed by atoms with Crippen LogP contribution in [0.5, 0.6) is 5.75 Å². The molecule has 1 aromatic rings. The summed E-state index contributed by atoms with van der Waals surface area (Å²) in [6.07, 6.45) is 0. The van der Waals surface area contributed by atoms with Gasteiger partial charge in [-0.15, -0.1) is 0 Å². The van der Waals surface area contributed by atoms with Gasteiger partial charge in [0, 0.05) is 8.86 Å². The summed E-state index contributed by atoms with van der Waals surface area (Å²) in [6.45, 7) is 0. The van der Waals surface area contributed by atoms with E-state index in [9.17, 15) is 5.11 Å². The Bertz CT molecular complexity index is 226. The number of alkyl halides is 2. The second-order valence-corrected chi connectivity index (χ2v) is 3.80. The first-order valence-corrected chi connectivity index (χ1v) is 6.25. The van der Waals surface area contributed by atoms with Gasteiger partial charge < -0.3 is 5.11 Å². The lowest BCUT2D eigenvalue weighted by molar-refractivity contribution is 0.474.